The molecule has 2 aromatic heterocycles. The van der Waals surface area contributed by atoms with Crippen LogP contribution in [0.1, 0.15) is 57.6 Å². The van der Waals surface area contributed by atoms with Gasteiger partial charge >= 0.3 is 5.97 Å². The van der Waals surface area contributed by atoms with Gasteiger partial charge in [0, 0.05) is 42.8 Å². The van der Waals surface area contributed by atoms with Crippen molar-refractivity contribution in [2.45, 2.75) is 65.9 Å². The van der Waals surface area contributed by atoms with E-state index in [9.17, 15) is 4.79 Å². The Hall–Kier alpha value is -3.82. The van der Waals surface area contributed by atoms with Gasteiger partial charge in [-0.3, -0.25) is 14.2 Å². The molecule has 0 atom stereocenters. The fraction of sp³-hybridized carbons (Fsp3) is 0.441. The quantitative estimate of drug-likeness (QED) is 0.136. The zero-order chi connectivity index (χ0) is 31.4. The van der Waals surface area contributed by atoms with Gasteiger partial charge in [0.05, 0.1) is 24.6 Å². The van der Waals surface area contributed by atoms with Crippen molar-refractivity contribution in [2.24, 2.45) is 19.8 Å². The van der Waals surface area contributed by atoms with Gasteiger partial charge < -0.3 is 19.9 Å². The molecule has 9 nitrogen and oxygen atoms in total. The molecule has 4 aromatic rings. The Bertz CT molecular complexity index is 1430. The number of carbonyl (C=O) groups is 1. The summed E-state index contributed by atoms with van der Waals surface area (Å²) in [7, 11) is 3.86. The van der Waals surface area contributed by atoms with E-state index in [0.717, 1.165) is 52.9 Å². The normalized spacial score (nSPS) is 10.8. The van der Waals surface area contributed by atoms with Gasteiger partial charge in [-0.2, -0.15) is 0 Å². The Kier molecular flexibility index (Phi) is 14.4. The van der Waals surface area contributed by atoms with Crippen LogP contribution in [0.3, 0.4) is 0 Å². The van der Waals surface area contributed by atoms with Gasteiger partial charge in [0.1, 0.15) is 5.60 Å². The van der Waals surface area contributed by atoms with Crippen molar-refractivity contribution in [3.05, 3.63) is 71.8 Å². The Labute approximate surface area is 268 Å². The van der Waals surface area contributed by atoms with E-state index in [-0.39, 0.29) is 18.4 Å². The number of benzene rings is 2. The minimum Gasteiger partial charge on any atom is -0.476 e. The van der Waals surface area contributed by atoms with Crippen LogP contribution < -0.4 is 15.2 Å². The van der Waals surface area contributed by atoms with Crippen molar-refractivity contribution >= 4 is 18.4 Å². The summed E-state index contributed by atoms with van der Waals surface area (Å²) in [5.74, 6) is 1.19. The Morgan fingerprint density at radius 1 is 0.750 bits per heavy atom. The number of nitrogens with two attached hydrogens (primary N) is 1. The molecule has 0 saturated carbocycles. The lowest BCUT2D eigenvalue weighted by atomic mass is 10.1. The first kappa shape index (κ1) is 36.4. The van der Waals surface area contributed by atoms with Crippen LogP contribution in [0.25, 0.3) is 22.5 Å². The fourth-order valence-corrected chi connectivity index (χ4v) is 4.67. The largest absolute Gasteiger partial charge is 0.476 e. The highest BCUT2D eigenvalue weighted by Gasteiger charge is 2.17. The van der Waals surface area contributed by atoms with Crippen LogP contribution in [0.15, 0.2) is 60.7 Å². The maximum Gasteiger partial charge on any atom is 0.306 e. The highest BCUT2D eigenvalue weighted by Crippen LogP contribution is 2.30. The van der Waals surface area contributed by atoms with Gasteiger partial charge in [0.15, 0.2) is 0 Å². The average molecular weight is 626 g/mol. The summed E-state index contributed by atoms with van der Waals surface area (Å²) in [6, 6.07) is 20.4. The van der Waals surface area contributed by atoms with Crippen molar-refractivity contribution in [1.29, 1.82) is 0 Å². The smallest absolute Gasteiger partial charge is 0.306 e. The molecule has 0 aliphatic carbocycles. The molecule has 240 valence electrons. The van der Waals surface area contributed by atoms with E-state index >= 15 is 0 Å². The van der Waals surface area contributed by atoms with Crippen LogP contribution in [-0.4, -0.2) is 50.9 Å². The molecule has 0 bridgehead atoms. The number of esters is 1. The number of hydrogen-bond donors (Lipinski definition) is 1. The Morgan fingerprint density at radius 3 is 1.59 bits per heavy atom. The second kappa shape index (κ2) is 17.5. The van der Waals surface area contributed by atoms with Crippen LogP contribution in [-0.2, 0) is 23.6 Å². The molecule has 4 rings (SSSR count). The third kappa shape index (κ3) is 10.7. The van der Waals surface area contributed by atoms with Crippen LogP contribution in [0.5, 0.6) is 11.8 Å². The topological polar surface area (TPSA) is 106 Å². The summed E-state index contributed by atoms with van der Waals surface area (Å²) in [4.78, 5) is 11.7. The molecule has 0 fully saturated rings. The highest BCUT2D eigenvalue weighted by atomic mass is 35.5. The van der Waals surface area contributed by atoms with Crippen LogP contribution >= 0.6 is 12.4 Å². The molecule has 0 amide bonds. The van der Waals surface area contributed by atoms with E-state index in [4.69, 9.17) is 19.9 Å². The summed E-state index contributed by atoms with van der Waals surface area (Å²) in [5, 5.41) is 8.88. The second-order valence-corrected chi connectivity index (χ2v) is 11.4. The summed E-state index contributed by atoms with van der Waals surface area (Å²) < 4.78 is 20.5. The number of ether oxygens (including phenoxy) is 3. The van der Waals surface area contributed by atoms with Crippen molar-refractivity contribution in [3.63, 3.8) is 0 Å². The predicted molar refractivity (Wildman–Crippen MR) is 178 cm³/mol. The third-order valence-corrected chi connectivity index (χ3v) is 6.60. The second-order valence-electron chi connectivity index (χ2n) is 11.4. The van der Waals surface area contributed by atoms with Crippen LogP contribution in [0, 0.1) is 13.8 Å². The van der Waals surface area contributed by atoms with Crippen LogP contribution in [0.2, 0.25) is 0 Å². The van der Waals surface area contributed by atoms with E-state index in [1.54, 1.807) is 0 Å². The number of rotatable bonds is 12. The van der Waals surface area contributed by atoms with E-state index in [0.29, 0.717) is 37.9 Å². The number of nitrogens with zero attached hydrogens (tertiary/aromatic N) is 4. The first-order chi connectivity index (χ1) is 20.5. The molecule has 0 spiro atoms. The van der Waals surface area contributed by atoms with Gasteiger partial charge in [-0.15, -0.1) is 22.6 Å². The molecule has 2 heterocycles. The van der Waals surface area contributed by atoms with Gasteiger partial charge in [0.2, 0.25) is 11.8 Å². The minimum atomic E-state index is -0.424. The zero-order valence-corrected chi connectivity index (χ0v) is 27.9. The molecule has 10 heteroatoms. The summed E-state index contributed by atoms with van der Waals surface area (Å²) in [5.41, 5.74) is 11.6. The zero-order valence-electron chi connectivity index (χ0n) is 27.1. The molecule has 0 saturated heterocycles. The molecule has 0 aliphatic rings. The van der Waals surface area contributed by atoms with Crippen LogP contribution in [0.4, 0.5) is 0 Å². The van der Waals surface area contributed by atoms with Crippen molar-refractivity contribution < 1.29 is 19.0 Å². The van der Waals surface area contributed by atoms with E-state index < -0.39 is 5.60 Å². The minimum absolute atomic E-state index is 0. The first-order valence-corrected chi connectivity index (χ1v) is 14.9. The van der Waals surface area contributed by atoms with Crippen molar-refractivity contribution in [3.8, 4) is 34.3 Å². The van der Waals surface area contributed by atoms with Gasteiger partial charge in [-0.25, -0.2) is 0 Å². The molecule has 44 heavy (non-hydrogen) atoms. The molecular weight excluding hydrogens is 578 g/mol. The van der Waals surface area contributed by atoms with Crippen molar-refractivity contribution in [1.82, 2.24) is 19.6 Å². The Balaban J connectivity index is 0.000000315. The lowest BCUT2D eigenvalue weighted by Gasteiger charge is -2.19. The van der Waals surface area contributed by atoms with Gasteiger partial charge in [-0.05, 0) is 60.4 Å². The molecule has 0 aliphatic heterocycles. The lowest BCUT2D eigenvalue weighted by molar-refractivity contribution is -0.154. The van der Waals surface area contributed by atoms with E-state index in [2.05, 4.69) is 34.5 Å². The number of carbonyl (C=O) groups excluding carboxylic acids is 1. The monoisotopic (exact) mass is 625 g/mol. The Morgan fingerprint density at radius 2 is 1.18 bits per heavy atom. The number of unbranched alkanes of at least 4 members (excludes halogenated alkanes) is 1. The van der Waals surface area contributed by atoms with E-state index in [1.165, 1.54) is 0 Å². The summed E-state index contributed by atoms with van der Waals surface area (Å²) in [6.07, 6.45) is 2.79. The highest BCUT2D eigenvalue weighted by molar-refractivity contribution is 5.85. The number of halogens is 1. The maximum absolute atomic E-state index is 11.7. The molecule has 0 unspecified atom stereocenters. The first-order valence-electron chi connectivity index (χ1n) is 14.9. The number of aryl methyl sites for hydroxylation is 2. The molecule has 2 N–H and O–H groups in total. The molecule has 0 radical (unpaired) electrons. The van der Waals surface area contributed by atoms with Crippen molar-refractivity contribution in [2.75, 3.05) is 19.8 Å². The average Bonchev–Trinajstić information content (AvgIpc) is 3.41. The van der Waals surface area contributed by atoms with E-state index in [1.807, 2.05) is 94.5 Å². The standard InChI is InChI=1S/C20H28N2O3.C14H19N3O.ClH/c1-15-18(16-11-7-6-8-12-16)22(5)21-19(15)24-14-10-9-13-17(23)25-20(2,3)4;1-11-13(12-7-4-3-5-8-12)17(2)16-14(11)18-10-6-9-15;/h6-8,11-12H,9-10,13-14H2,1-5H3;3-5,7-8H,6,9-10,15H2,1-2H3;1H. The fourth-order valence-electron chi connectivity index (χ4n) is 4.67. The lowest BCUT2D eigenvalue weighted by Crippen LogP contribution is -2.23. The molecule has 2 aromatic carbocycles. The molecular formula is C34H48ClN5O4. The number of aromatic nitrogens is 4. The predicted octanol–water partition coefficient (Wildman–Crippen LogP) is 6.83. The third-order valence-electron chi connectivity index (χ3n) is 6.60. The van der Waals surface area contributed by atoms with Gasteiger partial charge in [0.25, 0.3) is 0 Å². The van der Waals surface area contributed by atoms with Gasteiger partial charge in [-0.1, -0.05) is 60.7 Å². The summed E-state index contributed by atoms with van der Waals surface area (Å²) >= 11 is 0. The summed E-state index contributed by atoms with van der Waals surface area (Å²) in [6.45, 7) is 11.5. The SMILES string of the molecule is Cc1c(OCCCCC(=O)OC(C)(C)C)nn(C)c1-c1ccccc1.Cc1c(OCCCN)nn(C)c1-c1ccccc1.Cl. The number of hydrogen-bond acceptors (Lipinski definition) is 7. The maximum atomic E-state index is 11.7.